The highest BCUT2D eigenvalue weighted by Crippen LogP contribution is 2.61. The van der Waals surface area contributed by atoms with Gasteiger partial charge in [-0.15, -0.1) is 0 Å². The first kappa shape index (κ1) is 16.9. The molecule has 1 aliphatic heterocycles. The fourth-order valence-corrected chi connectivity index (χ4v) is 5.34. The molecule has 27 heavy (non-hydrogen) atoms. The summed E-state index contributed by atoms with van der Waals surface area (Å²) >= 11 is 0. The van der Waals surface area contributed by atoms with E-state index in [1.807, 2.05) is 11.0 Å². The number of benzene rings is 2. The van der Waals surface area contributed by atoms with E-state index in [9.17, 15) is 9.18 Å². The van der Waals surface area contributed by atoms with Gasteiger partial charge in [-0.3, -0.25) is 4.79 Å². The number of halogens is 1. The Labute approximate surface area is 159 Å². The van der Waals surface area contributed by atoms with Crippen molar-refractivity contribution >= 4 is 5.91 Å². The minimum absolute atomic E-state index is 0.0449. The Morgan fingerprint density at radius 1 is 1.19 bits per heavy atom. The second-order valence-electron chi connectivity index (χ2n) is 8.23. The molecule has 1 spiro atoms. The van der Waals surface area contributed by atoms with Gasteiger partial charge in [0.1, 0.15) is 5.82 Å². The summed E-state index contributed by atoms with van der Waals surface area (Å²) in [7, 11) is 0. The quantitative estimate of drug-likeness (QED) is 0.883. The number of nitrogens with zero attached hydrogens (tertiary/aromatic N) is 1. The predicted molar refractivity (Wildman–Crippen MR) is 103 cm³/mol. The minimum Gasteiger partial charge on any atom is -0.333 e. The summed E-state index contributed by atoms with van der Waals surface area (Å²) in [6, 6.07) is 15.3. The van der Waals surface area contributed by atoms with Crippen molar-refractivity contribution in [3.63, 3.8) is 0 Å². The third kappa shape index (κ3) is 2.78. The zero-order valence-electron chi connectivity index (χ0n) is 15.5. The largest absolute Gasteiger partial charge is 0.333 e. The van der Waals surface area contributed by atoms with Crippen LogP contribution in [0.25, 0.3) is 0 Å². The van der Waals surface area contributed by atoms with Gasteiger partial charge in [0.05, 0.1) is 6.04 Å². The number of hydrogen-bond donors (Lipinski definition) is 1. The standard InChI is InChI=1S/C23H25FN2O/c24-18-8-3-6-17(13-18)21-15-25-11-12-26(21)22(27)20-14-23(20)10-4-7-16-5-1-2-9-19(16)23/h1-3,5-6,8-9,13,20-21,25H,4,7,10-12,14-15H2. The molecule has 2 fully saturated rings. The van der Waals surface area contributed by atoms with Gasteiger partial charge in [0, 0.05) is 31.0 Å². The molecule has 3 atom stereocenters. The molecular formula is C23H25FN2O. The van der Waals surface area contributed by atoms with Crippen LogP contribution in [0.15, 0.2) is 48.5 Å². The van der Waals surface area contributed by atoms with E-state index >= 15 is 0 Å². The molecule has 140 valence electrons. The van der Waals surface area contributed by atoms with E-state index in [2.05, 4.69) is 29.6 Å². The van der Waals surface area contributed by atoms with Gasteiger partial charge in [-0.1, -0.05) is 36.4 Å². The third-order valence-corrected chi connectivity index (χ3v) is 6.76. The van der Waals surface area contributed by atoms with E-state index in [0.717, 1.165) is 37.8 Å². The van der Waals surface area contributed by atoms with Crippen molar-refractivity contribution in [2.45, 2.75) is 37.1 Å². The zero-order valence-corrected chi connectivity index (χ0v) is 15.5. The minimum atomic E-state index is -0.241. The number of aryl methyl sites for hydroxylation is 1. The average Bonchev–Trinajstić information content (AvgIpc) is 3.42. The van der Waals surface area contributed by atoms with Crippen LogP contribution in [0.3, 0.4) is 0 Å². The van der Waals surface area contributed by atoms with Gasteiger partial charge in [0.2, 0.25) is 5.91 Å². The van der Waals surface area contributed by atoms with Crippen molar-refractivity contribution in [1.29, 1.82) is 0 Å². The molecule has 1 amide bonds. The topological polar surface area (TPSA) is 32.3 Å². The van der Waals surface area contributed by atoms with Crippen LogP contribution in [0.2, 0.25) is 0 Å². The maximum absolute atomic E-state index is 13.7. The van der Waals surface area contributed by atoms with E-state index in [4.69, 9.17) is 0 Å². The fourth-order valence-electron chi connectivity index (χ4n) is 5.34. The van der Waals surface area contributed by atoms with Crippen LogP contribution in [-0.4, -0.2) is 30.4 Å². The molecule has 2 aromatic rings. The summed E-state index contributed by atoms with van der Waals surface area (Å²) in [5.74, 6) is 0.0881. The molecular weight excluding hydrogens is 339 g/mol. The maximum Gasteiger partial charge on any atom is 0.227 e. The van der Waals surface area contributed by atoms with Gasteiger partial charge in [-0.05, 0) is 54.5 Å². The molecule has 5 rings (SSSR count). The maximum atomic E-state index is 13.7. The van der Waals surface area contributed by atoms with Crippen molar-refractivity contribution in [2.75, 3.05) is 19.6 Å². The summed E-state index contributed by atoms with van der Waals surface area (Å²) < 4.78 is 13.7. The van der Waals surface area contributed by atoms with Crippen molar-refractivity contribution in [3.05, 3.63) is 71.0 Å². The number of amides is 1. The van der Waals surface area contributed by atoms with Gasteiger partial charge in [-0.25, -0.2) is 4.39 Å². The summed E-state index contributed by atoms with van der Waals surface area (Å²) in [6.07, 6.45) is 4.36. The second kappa shape index (κ2) is 6.45. The van der Waals surface area contributed by atoms with Gasteiger partial charge in [0.25, 0.3) is 0 Å². The van der Waals surface area contributed by atoms with Crippen LogP contribution in [0.5, 0.6) is 0 Å². The van der Waals surface area contributed by atoms with Crippen LogP contribution < -0.4 is 5.32 Å². The molecule has 2 aromatic carbocycles. The highest BCUT2D eigenvalue weighted by molar-refractivity contribution is 5.85. The molecule has 3 nitrogen and oxygen atoms in total. The van der Waals surface area contributed by atoms with Crippen molar-refractivity contribution < 1.29 is 9.18 Å². The Morgan fingerprint density at radius 2 is 2.07 bits per heavy atom. The Bertz CT molecular complexity index is 882. The van der Waals surface area contributed by atoms with Gasteiger partial charge < -0.3 is 10.2 Å². The Morgan fingerprint density at radius 3 is 2.96 bits per heavy atom. The lowest BCUT2D eigenvalue weighted by Crippen LogP contribution is -2.49. The molecule has 3 aliphatic rings. The summed E-state index contributed by atoms with van der Waals surface area (Å²) in [5, 5.41) is 3.37. The lowest BCUT2D eigenvalue weighted by Gasteiger charge is -2.37. The van der Waals surface area contributed by atoms with Crippen LogP contribution in [0, 0.1) is 11.7 Å². The molecule has 0 bridgehead atoms. The lowest BCUT2D eigenvalue weighted by atomic mass is 9.78. The SMILES string of the molecule is O=C(C1CC12CCCc1ccccc12)N1CCNCC1c1cccc(F)c1. The fraction of sp³-hybridized carbons (Fsp3) is 0.435. The van der Waals surface area contributed by atoms with Crippen LogP contribution >= 0.6 is 0 Å². The highest BCUT2D eigenvalue weighted by Gasteiger charge is 2.61. The van der Waals surface area contributed by atoms with Crippen LogP contribution in [0.4, 0.5) is 4.39 Å². The number of carbonyl (C=O) groups excluding carboxylic acids is 1. The molecule has 0 radical (unpaired) electrons. The van der Waals surface area contributed by atoms with Crippen LogP contribution in [0.1, 0.15) is 42.0 Å². The van der Waals surface area contributed by atoms with E-state index in [1.165, 1.54) is 17.2 Å². The van der Waals surface area contributed by atoms with E-state index in [0.29, 0.717) is 13.1 Å². The number of piperazine rings is 1. The van der Waals surface area contributed by atoms with E-state index in [-0.39, 0.29) is 29.1 Å². The van der Waals surface area contributed by atoms with Crippen molar-refractivity contribution in [2.24, 2.45) is 5.92 Å². The first-order valence-corrected chi connectivity index (χ1v) is 10.0. The molecule has 1 N–H and O–H groups in total. The number of rotatable bonds is 2. The molecule has 1 heterocycles. The molecule has 3 unspecified atom stereocenters. The van der Waals surface area contributed by atoms with Gasteiger partial charge in [0.15, 0.2) is 0 Å². The normalized spacial score (nSPS) is 29.4. The molecule has 0 aromatic heterocycles. The first-order valence-electron chi connectivity index (χ1n) is 10.0. The Balaban J connectivity index is 1.43. The number of hydrogen-bond acceptors (Lipinski definition) is 2. The Hall–Kier alpha value is -2.20. The Kier molecular flexibility index (Phi) is 4.05. The first-order chi connectivity index (χ1) is 13.2. The molecule has 2 aliphatic carbocycles. The zero-order chi connectivity index (χ0) is 18.4. The highest BCUT2D eigenvalue weighted by atomic mass is 19.1. The van der Waals surface area contributed by atoms with Gasteiger partial charge >= 0.3 is 0 Å². The molecule has 4 heteroatoms. The number of carbonyl (C=O) groups is 1. The monoisotopic (exact) mass is 364 g/mol. The summed E-state index contributed by atoms with van der Waals surface area (Å²) in [5.41, 5.74) is 3.74. The van der Waals surface area contributed by atoms with E-state index in [1.54, 1.807) is 12.1 Å². The van der Waals surface area contributed by atoms with E-state index < -0.39 is 0 Å². The van der Waals surface area contributed by atoms with Gasteiger partial charge in [-0.2, -0.15) is 0 Å². The lowest BCUT2D eigenvalue weighted by molar-refractivity contribution is -0.136. The molecule has 1 saturated heterocycles. The second-order valence-corrected chi connectivity index (χ2v) is 8.23. The summed E-state index contributed by atoms with van der Waals surface area (Å²) in [6.45, 7) is 2.17. The molecule has 1 saturated carbocycles. The average molecular weight is 364 g/mol. The van der Waals surface area contributed by atoms with Crippen LogP contribution in [-0.2, 0) is 16.6 Å². The number of fused-ring (bicyclic) bond motifs is 2. The third-order valence-electron chi connectivity index (χ3n) is 6.76. The predicted octanol–water partition coefficient (Wildman–Crippen LogP) is 3.59. The smallest absolute Gasteiger partial charge is 0.227 e. The van der Waals surface area contributed by atoms with Crippen molar-refractivity contribution in [3.8, 4) is 0 Å². The van der Waals surface area contributed by atoms with Crippen molar-refractivity contribution in [1.82, 2.24) is 10.2 Å². The number of nitrogens with one attached hydrogen (secondary N) is 1. The summed E-state index contributed by atoms with van der Waals surface area (Å²) in [4.78, 5) is 15.5.